The molecule has 1 unspecified atom stereocenters. The highest BCUT2D eigenvalue weighted by Crippen LogP contribution is 2.31. The van der Waals surface area contributed by atoms with Gasteiger partial charge >= 0.3 is 6.61 Å². The van der Waals surface area contributed by atoms with E-state index in [1.54, 1.807) is 0 Å². The van der Waals surface area contributed by atoms with Crippen LogP contribution in [0.5, 0.6) is 0 Å². The van der Waals surface area contributed by atoms with Crippen molar-refractivity contribution in [1.82, 2.24) is 0 Å². The third-order valence-electron chi connectivity index (χ3n) is 2.81. The van der Waals surface area contributed by atoms with Gasteiger partial charge in [-0.3, -0.25) is 0 Å². The molecule has 0 bridgehead atoms. The van der Waals surface area contributed by atoms with Gasteiger partial charge in [-0.15, -0.1) is 0 Å². The van der Waals surface area contributed by atoms with Crippen LogP contribution in [0.15, 0.2) is 0 Å². The van der Waals surface area contributed by atoms with E-state index in [2.05, 4.69) is 4.74 Å². The van der Waals surface area contributed by atoms with Gasteiger partial charge < -0.3 is 10.5 Å². The van der Waals surface area contributed by atoms with Gasteiger partial charge in [-0.1, -0.05) is 25.7 Å². The summed E-state index contributed by atoms with van der Waals surface area (Å²) in [6.45, 7) is -2.09. The lowest BCUT2D eigenvalue weighted by molar-refractivity contribution is -0.141. The fourth-order valence-electron chi connectivity index (χ4n) is 2.02. The smallest absolute Gasteiger partial charge is 0.330 e. The van der Waals surface area contributed by atoms with Gasteiger partial charge in [0.15, 0.2) is 0 Å². The molecule has 1 aliphatic carbocycles. The van der Waals surface area contributed by atoms with Crippen molar-refractivity contribution in [2.24, 2.45) is 17.6 Å². The molecule has 1 rings (SSSR count). The van der Waals surface area contributed by atoms with Crippen LogP contribution in [-0.2, 0) is 4.74 Å². The SMILES string of the molecule is NCC(COC(F)F)C1CCCC1. The number of hydrogen-bond acceptors (Lipinski definition) is 2. The maximum Gasteiger partial charge on any atom is 0.345 e. The molecule has 0 spiro atoms. The second-order valence-corrected chi connectivity index (χ2v) is 3.63. The average molecular weight is 193 g/mol. The van der Waals surface area contributed by atoms with Gasteiger partial charge in [0, 0.05) is 0 Å². The molecule has 1 atom stereocenters. The molecule has 0 saturated heterocycles. The number of halogens is 2. The van der Waals surface area contributed by atoms with Gasteiger partial charge in [-0.2, -0.15) is 8.78 Å². The Kier molecular flexibility index (Phi) is 4.59. The van der Waals surface area contributed by atoms with Crippen LogP contribution in [-0.4, -0.2) is 19.8 Å². The van der Waals surface area contributed by atoms with Gasteiger partial charge in [0.2, 0.25) is 0 Å². The van der Waals surface area contributed by atoms with Crippen LogP contribution in [0, 0.1) is 11.8 Å². The summed E-state index contributed by atoms with van der Waals surface area (Å²) >= 11 is 0. The summed E-state index contributed by atoms with van der Waals surface area (Å²) in [6.07, 6.45) is 4.65. The number of nitrogens with two attached hydrogens (primary N) is 1. The van der Waals surface area contributed by atoms with E-state index in [9.17, 15) is 8.78 Å². The summed E-state index contributed by atoms with van der Waals surface area (Å²) in [4.78, 5) is 0. The van der Waals surface area contributed by atoms with Crippen LogP contribution < -0.4 is 5.73 Å². The van der Waals surface area contributed by atoms with Crippen molar-refractivity contribution < 1.29 is 13.5 Å². The maximum absolute atomic E-state index is 11.8. The van der Waals surface area contributed by atoms with E-state index in [-0.39, 0.29) is 12.5 Å². The van der Waals surface area contributed by atoms with Crippen LogP contribution in [0.3, 0.4) is 0 Å². The van der Waals surface area contributed by atoms with Gasteiger partial charge in [0.1, 0.15) is 0 Å². The summed E-state index contributed by atoms with van der Waals surface area (Å²) < 4.78 is 27.8. The van der Waals surface area contributed by atoms with Crippen molar-refractivity contribution in [2.45, 2.75) is 32.3 Å². The summed E-state index contributed by atoms with van der Waals surface area (Å²) in [5, 5.41) is 0. The zero-order valence-electron chi connectivity index (χ0n) is 7.72. The molecular weight excluding hydrogens is 176 g/mol. The van der Waals surface area contributed by atoms with Gasteiger partial charge in [0.05, 0.1) is 6.61 Å². The van der Waals surface area contributed by atoms with Gasteiger partial charge in [-0.25, -0.2) is 0 Å². The first kappa shape index (κ1) is 10.9. The Labute approximate surface area is 77.4 Å². The van der Waals surface area contributed by atoms with Crippen molar-refractivity contribution in [3.63, 3.8) is 0 Å². The van der Waals surface area contributed by atoms with Crippen molar-refractivity contribution in [3.05, 3.63) is 0 Å². The van der Waals surface area contributed by atoms with Crippen LogP contribution in [0.25, 0.3) is 0 Å². The Morgan fingerprint density at radius 2 is 1.92 bits per heavy atom. The zero-order valence-corrected chi connectivity index (χ0v) is 7.72. The Bertz CT molecular complexity index is 138. The van der Waals surface area contributed by atoms with Crippen molar-refractivity contribution in [3.8, 4) is 0 Å². The van der Waals surface area contributed by atoms with Crippen molar-refractivity contribution in [2.75, 3.05) is 13.2 Å². The molecule has 0 aromatic heterocycles. The molecule has 13 heavy (non-hydrogen) atoms. The molecule has 78 valence electrons. The van der Waals surface area contributed by atoms with E-state index in [1.165, 1.54) is 12.8 Å². The standard InChI is InChI=1S/C9H17F2NO/c10-9(11)13-6-8(5-12)7-3-1-2-4-7/h7-9H,1-6,12H2. The number of rotatable bonds is 5. The van der Waals surface area contributed by atoms with E-state index < -0.39 is 6.61 Å². The van der Waals surface area contributed by atoms with Crippen LogP contribution in [0.2, 0.25) is 0 Å². The number of hydrogen-bond donors (Lipinski definition) is 1. The Morgan fingerprint density at radius 1 is 1.31 bits per heavy atom. The first-order chi connectivity index (χ1) is 6.24. The highest BCUT2D eigenvalue weighted by molar-refractivity contribution is 4.75. The average Bonchev–Trinajstić information content (AvgIpc) is 2.58. The third kappa shape index (κ3) is 3.56. The summed E-state index contributed by atoms with van der Waals surface area (Å²) in [5.74, 6) is 0.625. The Hall–Kier alpha value is -0.220. The molecule has 0 radical (unpaired) electrons. The third-order valence-corrected chi connectivity index (χ3v) is 2.81. The number of alkyl halides is 2. The van der Waals surface area contributed by atoms with Gasteiger partial charge in [-0.05, 0) is 18.4 Å². The normalized spacial score (nSPS) is 21.2. The first-order valence-electron chi connectivity index (χ1n) is 4.84. The van der Waals surface area contributed by atoms with Gasteiger partial charge in [0.25, 0.3) is 0 Å². The molecule has 0 aliphatic heterocycles. The minimum atomic E-state index is -2.66. The fourth-order valence-corrected chi connectivity index (χ4v) is 2.02. The van der Waals surface area contributed by atoms with E-state index in [0.29, 0.717) is 12.5 Å². The topological polar surface area (TPSA) is 35.2 Å². The molecule has 0 heterocycles. The lowest BCUT2D eigenvalue weighted by Crippen LogP contribution is -2.27. The van der Waals surface area contributed by atoms with Crippen LogP contribution in [0.4, 0.5) is 8.78 Å². The predicted octanol–water partition coefficient (Wildman–Crippen LogP) is 1.99. The van der Waals surface area contributed by atoms with Crippen LogP contribution >= 0.6 is 0 Å². The number of ether oxygens (including phenoxy) is 1. The van der Waals surface area contributed by atoms with Crippen LogP contribution in [0.1, 0.15) is 25.7 Å². The maximum atomic E-state index is 11.8. The molecular formula is C9H17F2NO. The second kappa shape index (κ2) is 5.50. The summed E-state index contributed by atoms with van der Waals surface area (Å²) in [5.41, 5.74) is 5.51. The molecule has 1 aliphatic rings. The Morgan fingerprint density at radius 3 is 2.38 bits per heavy atom. The molecule has 0 aromatic rings. The highest BCUT2D eigenvalue weighted by atomic mass is 19.3. The minimum Gasteiger partial charge on any atom is -0.330 e. The summed E-state index contributed by atoms with van der Waals surface area (Å²) in [6, 6.07) is 0. The monoisotopic (exact) mass is 193 g/mol. The molecule has 2 nitrogen and oxygen atoms in total. The first-order valence-corrected chi connectivity index (χ1v) is 4.84. The highest BCUT2D eigenvalue weighted by Gasteiger charge is 2.24. The second-order valence-electron chi connectivity index (χ2n) is 3.63. The van der Waals surface area contributed by atoms with E-state index in [0.717, 1.165) is 12.8 Å². The lowest BCUT2D eigenvalue weighted by Gasteiger charge is -2.21. The van der Waals surface area contributed by atoms with E-state index in [1.807, 2.05) is 0 Å². The Balaban J connectivity index is 2.24. The quantitative estimate of drug-likeness (QED) is 0.724. The van der Waals surface area contributed by atoms with Crippen molar-refractivity contribution in [1.29, 1.82) is 0 Å². The molecule has 0 aromatic carbocycles. The largest absolute Gasteiger partial charge is 0.345 e. The molecule has 4 heteroatoms. The zero-order chi connectivity index (χ0) is 9.68. The predicted molar refractivity (Wildman–Crippen MR) is 46.5 cm³/mol. The van der Waals surface area contributed by atoms with E-state index >= 15 is 0 Å². The van der Waals surface area contributed by atoms with E-state index in [4.69, 9.17) is 5.73 Å². The molecule has 1 saturated carbocycles. The summed E-state index contributed by atoms with van der Waals surface area (Å²) in [7, 11) is 0. The minimum absolute atomic E-state index is 0.110. The lowest BCUT2D eigenvalue weighted by atomic mass is 9.92. The fraction of sp³-hybridized carbons (Fsp3) is 1.00. The molecule has 1 fully saturated rings. The van der Waals surface area contributed by atoms with Crippen molar-refractivity contribution >= 4 is 0 Å². The molecule has 2 N–H and O–H groups in total. The molecule has 0 amide bonds.